The van der Waals surface area contributed by atoms with Crippen LogP contribution in [0.1, 0.15) is 30.6 Å². The maximum atomic E-state index is 13.1. The van der Waals surface area contributed by atoms with Gasteiger partial charge in [-0.15, -0.1) is 0 Å². The largest absolute Gasteiger partial charge is 0.494 e. The van der Waals surface area contributed by atoms with Gasteiger partial charge < -0.3 is 9.84 Å². The zero-order valence-corrected chi connectivity index (χ0v) is 12.7. The zero-order valence-electron chi connectivity index (χ0n) is 11.1. The van der Waals surface area contributed by atoms with Crippen LogP contribution >= 0.6 is 15.9 Å². The van der Waals surface area contributed by atoms with Crippen molar-refractivity contribution in [2.75, 3.05) is 6.61 Å². The van der Waals surface area contributed by atoms with Crippen LogP contribution in [0.3, 0.4) is 0 Å². The Kier molecular flexibility index (Phi) is 5.15. The van der Waals surface area contributed by atoms with Crippen LogP contribution in [0.2, 0.25) is 0 Å². The van der Waals surface area contributed by atoms with E-state index in [1.807, 2.05) is 31.2 Å². The minimum absolute atomic E-state index is 0.337. The second kappa shape index (κ2) is 6.86. The first-order valence-electron chi connectivity index (χ1n) is 6.47. The number of aliphatic hydroxyl groups excluding tert-OH is 1. The molecule has 0 aliphatic heterocycles. The van der Waals surface area contributed by atoms with Gasteiger partial charge in [0.1, 0.15) is 17.7 Å². The zero-order chi connectivity index (χ0) is 14.5. The Morgan fingerprint density at radius 3 is 2.50 bits per heavy atom. The number of ether oxygens (including phenoxy) is 1. The smallest absolute Gasteiger partial charge is 0.124 e. The number of hydrogen-bond donors (Lipinski definition) is 1. The molecule has 0 aliphatic carbocycles. The van der Waals surface area contributed by atoms with Gasteiger partial charge in [-0.3, -0.25) is 0 Å². The molecule has 0 fully saturated rings. The van der Waals surface area contributed by atoms with Crippen molar-refractivity contribution in [2.45, 2.75) is 19.4 Å². The van der Waals surface area contributed by atoms with Crippen molar-refractivity contribution in [3.63, 3.8) is 0 Å². The molecule has 4 heteroatoms. The molecular weight excluding hydrogens is 323 g/mol. The number of aliphatic hydroxyl groups is 1. The highest BCUT2D eigenvalue weighted by Crippen LogP contribution is 2.30. The van der Waals surface area contributed by atoms with E-state index in [2.05, 4.69) is 15.9 Å². The fourth-order valence-corrected chi connectivity index (χ4v) is 2.44. The molecule has 2 aromatic rings. The molecule has 0 aromatic heterocycles. The van der Waals surface area contributed by atoms with E-state index < -0.39 is 6.10 Å². The van der Waals surface area contributed by atoms with Crippen LogP contribution in [-0.4, -0.2) is 11.7 Å². The fourth-order valence-electron chi connectivity index (χ4n) is 1.87. The van der Waals surface area contributed by atoms with Gasteiger partial charge >= 0.3 is 0 Å². The SMILES string of the molecule is CCCOc1ccc(C(O)c2ccc(F)cc2Br)cc1. The Labute approximate surface area is 126 Å². The molecule has 1 atom stereocenters. The lowest BCUT2D eigenvalue weighted by molar-refractivity contribution is 0.219. The van der Waals surface area contributed by atoms with Gasteiger partial charge in [-0.2, -0.15) is 0 Å². The monoisotopic (exact) mass is 338 g/mol. The van der Waals surface area contributed by atoms with Gasteiger partial charge in [-0.05, 0) is 41.8 Å². The molecule has 0 amide bonds. The Morgan fingerprint density at radius 1 is 1.20 bits per heavy atom. The average molecular weight is 339 g/mol. The van der Waals surface area contributed by atoms with Crippen LogP contribution in [0.25, 0.3) is 0 Å². The molecule has 2 aromatic carbocycles. The van der Waals surface area contributed by atoms with Crippen LogP contribution in [-0.2, 0) is 0 Å². The molecule has 1 unspecified atom stereocenters. The van der Waals surface area contributed by atoms with E-state index in [1.165, 1.54) is 12.1 Å². The van der Waals surface area contributed by atoms with Crippen molar-refractivity contribution in [2.24, 2.45) is 0 Å². The van der Waals surface area contributed by atoms with Crippen molar-refractivity contribution < 1.29 is 14.2 Å². The summed E-state index contributed by atoms with van der Waals surface area (Å²) < 4.78 is 19.1. The Morgan fingerprint density at radius 2 is 1.90 bits per heavy atom. The van der Waals surface area contributed by atoms with E-state index in [-0.39, 0.29) is 5.82 Å². The molecule has 1 N–H and O–H groups in total. The molecule has 106 valence electrons. The standard InChI is InChI=1S/C16H16BrFO2/c1-2-9-20-13-6-3-11(4-7-13)16(19)14-8-5-12(18)10-15(14)17/h3-8,10,16,19H,2,9H2,1H3. The van der Waals surface area contributed by atoms with Gasteiger partial charge in [0, 0.05) is 4.47 Å². The Hall–Kier alpha value is -1.39. The third-order valence-electron chi connectivity index (χ3n) is 2.93. The second-order valence-electron chi connectivity index (χ2n) is 4.49. The second-order valence-corrected chi connectivity index (χ2v) is 5.34. The molecule has 0 bridgehead atoms. The van der Waals surface area contributed by atoms with Crippen LogP contribution in [0.4, 0.5) is 4.39 Å². The van der Waals surface area contributed by atoms with E-state index in [0.717, 1.165) is 17.7 Å². The van der Waals surface area contributed by atoms with E-state index in [9.17, 15) is 9.50 Å². The molecule has 2 rings (SSSR count). The van der Waals surface area contributed by atoms with Crippen LogP contribution in [0.15, 0.2) is 46.9 Å². The first-order chi connectivity index (χ1) is 9.61. The molecule has 0 heterocycles. The van der Waals surface area contributed by atoms with Gasteiger partial charge in [0.2, 0.25) is 0 Å². The average Bonchev–Trinajstić information content (AvgIpc) is 2.45. The fraction of sp³-hybridized carbons (Fsp3) is 0.250. The highest BCUT2D eigenvalue weighted by atomic mass is 79.9. The molecule has 0 aliphatic rings. The topological polar surface area (TPSA) is 29.5 Å². The lowest BCUT2D eigenvalue weighted by atomic mass is 10.0. The minimum Gasteiger partial charge on any atom is -0.494 e. The van der Waals surface area contributed by atoms with Crippen molar-refractivity contribution in [3.8, 4) is 5.75 Å². The van der Waals surface area contributed by atoms with Crippen LogP contribution in [0.5, 0.6) is 5.75 Å². The predicted octanol–water partition coefficient (Wildman–Crippen LogP) is 4.46. The highest BCUT2D eigenvalue weighted by molar-refractivity contribution is 9.10. The third kappa shape index (κ3) is 3.58. The number of halogens is 2. The summed E-state index contributed by atoms with van der Waals surface area (Å²) >= 11 is 3.27. The summed E-state index contributed by atoms with van der Waals surface area (Å²) in [6, 6.07) is 11.5. The quantitative estimate of drug-likeness (QED) is 0.872. The normalized spacial score (nSPS) is 12.2. The Bertz CT molecular complexity index is 569. The first-order valence-corrected chi connectivity index (χ1v) is 7.27. The van der Waals surface area contributed by atoms with Gasteiger partial charge in [0.25, 0.3) is 0 Å². The van der Waals surface area contributed by atoms with Gasteiger partial charge in [-0.25, -0.2) is 4.39 Å². The summed E-state index contributed by atoms with van der Waals surface area (Å²) in [6.45, 7) is 2.72. The number of benzene rings is 2. The van der Waals surface area contributed by atoms with Crippen molar-refractivity contribution in [1.29, 1.82) is 0 Å². The number of hydrogen-bond acceptors (Lipinski definition) is 2. The highest BCUT2D eigenvalue weighted by Gasteiger charge is 2.14. The molecule has 0 radical (unpaired) electrons. The lowest BCUT2D eigenvalue weighted by Gasteiger charge is -2.14. The van der Waals surface area contributed by atoms with Crippen LogP contribution in [0, 0.1) is 5.82 Å². The van der Waals surface area contributed by atoms with Crippen LogP contribution < -0.4 is 4.74 Å². The number of rotatable bonds is 5. The van der Waals surface area contributed by atoms with E-state index in [0.29, 0.717) is 16.6 Å². The maximum Gasteiger partial charge on any atom is 0.124 e. The minimum atomic E-state index is -0.801. The summed E-state index contributed by atoms with van der Waals surface area (Å²) in [6.07, 6.45) is 0.151. The molecule has 0 saturated carbocycles. The third-order valence-corrected chi connectivity index (χ3v) is 3.61. The van der Waals surface area contributed by atoms with Crippen molar-refractivity contribution in [3.05, 3.63) is 63.9 Å². The van der Waals surface area contributed by atoms with Crippen molar-refractivity contribution >= 4 is 15.9 Å². The van der Waals surface area contributed by atoms with E-state index in [1.54, 1.807) is 6.07 Å². The predicted molar refractivity (Wildman–Crippen MR) is 80.4 cm³/mol. The summed E-state index contributed by atoms with van der Waals surface area (Å²) in [5.74, 6) is 0.442. The van der Waals surface area contributed by atoms with Crippen molar-refractivity contribution in [1.82, 2.24) is 0 Å². The maximum absolute atomic E-state index is 13.1. The van der Waals surface area contributed by atoms with E-state index in [4.69, 9.17) is 4.74 Å². The molecular formula is C16H16BrFO2. The summed E-state index contributed by atoms with van der Waals surface area (Å²) in [5, 5.41) is 10.3. The lowest BCUT2D eigenvalue weighted by Crippen LogP contribution is -2.01. The van der Waals surface area contributed by atoms with Gasteiger partial charge in [0.05, 0.1) is 6.61 Å². The molecule has 0 spiro atoms. The van der Waals surface area contributed by atoms with Gasteiger partial charge in [-0.1, -0.05) is 41.1 Å². The summed E-state index contributed by atoms with van der Waals surface area (Å²) in [4.78, 5) is 0. The van der Waals surface area contributed by atoms with Gasteiger partial charge in [0.15, 0.2) is 0 Å². The molecule has 20 heavy (non-hydrogen) atoms. The molecule has 0 saturated heterocycles. The summed E-state index contributed by atoms with van der Waals surface area (Å²) in [5.41, 5.74) is 1.37. The Balaban J connectivity index is 2.18. The first kappa shape index (κ1) is 15.0. The summed E-state index contributed by atoms with van der Waals surface area (Å²) in [7, 11) is 0. The molecule has 2 nitrogen and oxygen atoms in total. The van der Waals surface area contributed by atoms with E-state index >= 15 is 0 Å².